The molecule has 1 saturated heterocycles. The molecule has 110 valence electrons. The Kier molecular flexibility index (Phi) is 4.03. The van der Waals surface area contributed by atoms with Crippen molar-refractivity contribution in [3.63, 3.8) is 0 Å². The SMILES string of the molecule is CNc1nc(C)c([N+](=O)[O-])c(NCC2(C)CCCO2)n1. The van der Waals surface area contributed by atoms with Crippen LogP contribution in [0.15, 0.2) is 0 Å². The summed E-state index contributed by atoms with van der Waals surface area (Å²) in [4.78, 5) is 18.9. The Hall–Kier alpha value is -1.96. The van der Waals surface area contributed by atoms with Crippen molar-refractivity contribution >= 4 is 17.5 Å². The molecule has 1 aromatic heterocycles. The molecule has 1 unspecified atom stereocenters. The van der Waals surface area contributed by atoms with Gasteiger partial charge in [0.2, 0.25) is 11.8 Å². The van der Waals surface area contributed by atoms with Gasteiger partial charge in [0.15, 0.2) is 0 Å². The molecule has 1 aliphatic heterocycles. The van der Waals surface area contributed by atoms with Crippen LogP contribution in [0.5, 0.6) is 0 Å². The highest BCUT2D eigenvalue weighted by molar-refractivity contribution is 5.60. The lowest BCUT2D eigenvalue weighted by molar-refractivity contribution is -0.385. The highest BCUT2D eigenvalue weighted by atomic mass is 16.6. The summed E-state index contributed by atoms with van der Waals surface area (Å²) in [6, 6.07) is 0. The molecule has 2 N–H and O–H groups in total. The van der Waals surface area contributed by atoms with Gasteiger partial charge < -0.3 is 15.4 Å². The number of ether oxygens (including phenoxy) is 1. The molecule has 1 aliphatic rings. The summed E-state index contributed by atoms with van der Waals surface area (Å²) in [5, 5.41) is 17.0. The molecule has 0 radical (unpaired) electrons. The van der Waals surface area contributed by atoms with Crippen molar-refractivity contribution in [2.24, 2.45) is 0 Å². The first-order valence-electron chi connectivity index (χ1n) is 6.54. The van der Waals surface area contributed by atoms with Crippen molar-refractivity contribution in [2.75, 3.05) is 30.8 Å². The van der Waals surface area contributed by atoms with Crippen molar-refractivity contribution in [3.05, 3.63) is 15.8 Å². The zero-order valence-electron chi connectivity index (χ0n) is 11.9. The van der Waals surface area contributed by atoms with Crippen molar-refractivity contribution in [1.82, 2.24) is 9.97 Å². The van der Waals surface area contributed by atoms with Gasteiger partial charge in [0.25, 0.3) is 0 Å². The van der Waals surface area contributed by atoms with E-state index in [1.54, 1.807) is 14.0 Å². The number of aromatic nitrogens is 2. The Morgan fingerprint density at radius 3 is 2.80 bits per heavy atom. The third kappa shape index (κ3) is 2.96. The van der Waals surface area contributed by atoms with Crippen LogP contribution in [-0.4, -0.2) is 40.7 Å². The molecule has 0 saturated carbocycles. The Bertz CT molecular complexity index is 514. The first-order chi connectivity index (χ1) is 9.45. The summed E-state index contributed by atoms with van der Waals surface area (Å²) in [6.07, 6.45) is 1.93. The predicted octanol–water partition coefficient (Wildman–Crippen LogP) is 1.72. The summed E-state index contributed by atoms with van der Waals surface area (Å²) in [5.41, 5.74) is -0.0630. The molecule has 20 heavy (non-hydrogen) atoms. The van der Waals surface area contributed by atoms with Gasteiger partial charge in [-0.05, 0) is 26.7 Å². The highest BCUT2D eigenvalue weighted by Gasteiger charge is 2.31. The number of hydrogen-bond acceptors (Lipinski definition) is 7. The third-order valence-electron chi connectivity index (χ3n) is 3.39. The highest BCUT2D eigenvalue weighted by Crippen LogP contribution is 2.29. The van der Waals surface area contributed by atoms with Crippen LogP contribution in [0.25, 0.3) is 0 Å². The molecule has 1 fully saturated rings. The van der Waals surface area contributed by atoms with E-state index in [1.807, 2.05) is 6.92 Å². The largest absolute Gasteiger partial charge is 0.373 e. The first-order valence-corrected chi connectivity index (χ1v) is 6.54. The molecule has 1 atom stereocenters. The number of nitro groups is 1. The Morgan fingerprint density at radius 2 is 2.25 bits per heavy atom. The third-order valence-corrected chi connectivity index (χ3v) is 3.39. The van der Waals surface area contributed by atoms with Crippen LogP contribution in [-0.2, 0) is 4.74 Å². The maximum absolute atomic E-state index is 11.2. The average Bonchev–Trinajstić information content (AvgIpc) is 2.82. The smallest absolute Gasteiger partial charge is 0.332 e. The number of rotatable bonds is 5. The molecule has 0 aromatic carbocycles. The van der Waals surface area contributed by atoms with Crippen molar-refractivity contribution in [1.29, 1.82) is 0 Å². The maximum atomic E-state index is 11.2. The van der Waals surface area contributed by atoms with Gasteiger partial charge in [-0.1, -0.05) is 0 Å². The lowest BCUT2D eigenvalue weighted by atomic mass is 10.0. The topological polar surface area (TPSA) is 102 Å². The van der Waals surface area contributed by atoms with Crippen molar-refractivity contribution in [3.8, 4) is 0 Å². The fourth-order valence-electron chi connectivity index (χ4n) is 2.27. The summed E-state index contributed by atoms with van der Waals surface area (Å²) in [7, 11) is 1.67. The lowest BCUT2D eigenvalue weighted by Gasteiger charge is -2.23. The predicted molar refractivity (Wildman–Crippen MR) is 75.1 cm³/mol. The number of nitrogens with one attached hydrogen (secondary N) is 2. The van der Waals surface area contributed by atoms with Crippen LogP contribution < -0.4 is 10.6 Å². The Balaban J connectivity index is 2.24. The number of nitrogens with zero attached hydrogens (tertiary/aromatic N) is 3. The summed E-state index contributed by atoms with van der Waals surface area (Å²) in [6.45, 7) is 4.80. The van der Waals surface area contributed by atoms with Crippen LogP contribution in [0, 0.1) is 17.0 Å². The molecule has 0 aliphatic carbocycles. The van der Waals surface area contributed by atoms with Crippen LogP contribution in [0.1, 0.15) is 25.5 Å². The molecule has 2 rings (SSSR count). The zero-order chi connectivity index (χ0) is 14.8. The fraction of sp³-hybridized carbons (Fsp3) is 0.667. The number of aryl methyl sites for hydroxylation is 1. The molecule has 0 spiro atoms. The second-order valence-corrected chi connectivity index (χ2v) is 5.09. The minimum absolute atomic E-state index is 0.0920. The minimum Gasteiger partial charge on any atom is -0.373 e. The van der Waals surface area contributed by atoms with Gasteiger partial charge in [0, 0.05) is 20.2 Å². The van der Waals surface area contributed by atoms with Gasteiger partial charge in [0.1, 0.15) is 5.69 Å². The van der Waals surface area contributed by atoms with Crippen LogP contribution in [0.2, 0.25) is 0 Å². The quantitative estimate of drug-likeness (QED) is 0.625. The molecule has 0 amide bonds. The molecular weight excluding hydrogens is 262 g/mol. The van der Waals surface area contributed by atoms with Crippen LogP contribution >= 0.6 is 0 Å². The minimum atomic E-state index is -0.463. The van der Waals surface area contributed by atoms with E-state index in [9.17, 15) is 10.1 Å². The molecular formula is C12H19N5O3. The normalized spacial score (nSPS) is 21.8. The van der Waals surface area contributed by atoms with Crippen LogP contribution in [0.4, 0.5) is 17.5 Å². The lowest BCUT2D eigenvalue weighted by Crippen LogP contribution is -2.33. The average molecular weight is 281 g/mol. The van der Waals surface area contributed by atoms with Gasteiger partial charge in [-0.15, -0.1) is 0 Å². The van der Waals surface area contributed by atoms with Gasteiger partial charge in [-0.2, -0.15) is 4.98 Å². The van der Waals surface area contributed by atoms with Crippen molar-refractivity contribution < 1.29 is 9.66 Å². The number of anilines is 2. The fourth-order valence-corrected chi connectivity index (χ4v) is 2.27. The summed E-state index contributed by atoms with van der Waals surface area (Å²) < 4.78 is 5.66. The van der Waals surface area contributed by atoms with Crippen LogP contribution in [0.3, 0.4) is 0 Å². The van der Waals surface area contributed by atoms with Gasteiger partial charge in [-0.3, -0.25) is 10.1 Å². The second kappa shape index (κ2) is 5.58. The second-order valence-electron chi connectivity index (χ2n) is 5.09. The van der Waals surface area contributed by atoms with E-state index >= 15 is 0 Å². The summed E-state index contributed by atoms with van der Waals surface area (Å²) in [5.74, 6) is 0.580. The zero-order valence-corrected chi connectivity index (χ0v) is 11.9. The van der Waals surface area contributed by atoms with E-state index in [0.29, 0.717) is 18.2 Å². The molecule has 2 heterocycles. The molecule has 0 bridgehead atoms. The van der Waals surface area contributed by atoms with E-state index in [1.165, 1.54) is 0 Å². The van der Waals surface area contributed by atoms with Gasteiger partial charge >= 0.3 is 5.69 Å². The Morgan fingerprint density at radius 1 is 1.50 bits per heavy atom. The Labute approximate surface area is 117 Å². The first kappa shape index (κ1) is 14.4. The van der Waals surface area contributed by atoms with Gasteiger partial charge in [0.05, 0.1) is 10.5 Å². The standard InChI is InChI=1S/C12H19N5O3/c1-8-9(17(18)19)10(16-11(13-3)15-8)14-7-12(2)5-4-6-20-12/h4-7H2,1-3H3,(H2,13,14,15,16). The molecule has 8 nitrogen and oxygen atoms in total. The van der Waals surface area contributed by atoms with E-state index in [-0.39, 0.29) is 17.1 Å². The monoisotopic (exact) mass is 281 g/mol. The van der Waals surface area contributed by atoms with Crippen molar-refractivity contribution in [2.45, 2.75) is 32.3 Å². The van der Waals surface area contributed by atoms with E-state index in [4.69, 9.17) is 4.74 Å². The van der Waals surface area contributed by atoms with E-state index < -0.39 is 4.92 Å². The maximum Gasteiger partial charge on any atom is 0.332 e. The van der Waals surface area contributed by atoms with E-state index in [0.717, 1.165) is 19.4 Å². The summed E-state index contributed by atoms with van der Waals surface area (Å²) >= 11 is 0. The molecule has 8 heteroatoms. The van der Waals surface area contributed by atoms with Gasteiger partial charge in [-0.25, -0.2) is 4.98 Å². The molecule has 1 aromatic rings. The van der Waals surface area contributed by atoms with E-state index in [2.05, 4.69) is 20.6 Å². The number of hydrogen-bond donors (Lipinski definition) is 2.